The van der Waals surface area contributed by atoms with Crippen molar-refractivity contribution in [3.63, 3.8) is 0 Å². The molecule has 4 heteroatoms. The van der Waals surface area contributed by atoms with Crippen molar-refractivity contribution in [2.45, 2.75) is 13.5 Å². The lowest BCUT2D eigenvalue weighted by molar-refractivity contribution is -0.130. The Balaban J connectivity index is 2.26. The molecule has 2 rings (SSSR count). The molecule has 0 saturated heterocycles. The summed E-state index contributed by atoms with van der Waals surface area (Å²) in [5, 5.41) is 0. The van der Waals surface area contributed by atoms with Crippen molar-refractivity contribution in [1.29, 1.82) is 0 Å². The summed E-state index contributed by atoms with van der Waals surface area (Å²) in [5.41, 5.74) is 1.90. The van der Waals surface area contributed by atoms with Crippen LogP contribution in [0, 0.1) is 6.92 Å². The molecule has 0 aliphatic rings. The Bertz CT molecular complexity index is 632. The van der Waals surface area contributed by atoms with Gasteiger partial charge in [-0.25, -0.2) is 4.98 Å². The fourth-order valence-corrected chi connectivity index (χ4v) is 2.22. The molecule has 4 nitrogen and oxygen atoms in total. The number of amides is 1. The molecule has 0 aliphatic heterocycles. The van der Waals surface area contributed by atoms with Crippen LogP contribution in [-0.4, -0.2) is 33.4 Å². The van der Waals surface area contributed by atoms with Gasteiger partial charge in [-0.1, -0.05) is 24.3 Å². The molecule has 0 unspecified atom stereocenters. The van der Waals surface area contributed by atoms with Crippen LogP contribution in [-0.2, 0) is 11.3 Å². The van der Waals surface area contributed by atoms with E-state index in [0.717, 1.165) is 16.9 Å². The Morgan fingerprint density at radius 1 is 1.30 bits per heavy atom. The van der Waals surface area contributed by atoms with Gasteiger partial charge in [0.15, 0.2) is 0 Å². The maximum Gasteiger partial charge on any atom is 0.243 e. The SMILES string of the molecule is C=CCN(CC=C)C(=O)Cn1c(C)nc2ccccc21. The highest BCUT2D eigenvalue weighted by atomic mass is 16.2. The van der Waals surface area contributed by atoms with E-state index in [0.29, 0.717) is 13.1 Å². The first-order valence-electron chi connectivity index (χ1n) is 6.58. The van der Waals surface area contributed by atoms with Gasteiger partial charge in [-0.2, -0.15) is 0 Å². The molecular formula is C16H19N3O. The summed E-state index contributed by atoms with van der Waals surface area (Å²) < 4.78 is 1.94. The summed E-state index contributed by atoms with van der Waals surface area (Å²) >= 11 is 0. The number of benzene rings is 1. The largest absolute Gasteiger partial charge is 0.334 e. The maximum atomic E-state index is 12.4. The quantitative estimate of drug-likeness (QED) is 0.756. The second-order valence-corrected chi connectivity index (χ2v) is 4.61. The van der Waals surface area contributed by atoms with Crippen LogP contribution in [0.5, 0.6) is 0 Å². The number of imidazole rings is 1. The van der Waals surface area contributed by atoms with Gasteiger partial charge in [-0.15, -0.1) is 13.2 Å². The number of fused-ring (bicyclic) bond motifs is 1. The van der Waals surface area contributed by atoms with Crippen LogP contribution in [0.25, 0.3) is 11.0 Å². The van der Waals surface area contributed by atoms with Crippen molar-refractivity contribution in [3.05, 3.63) is 55.4 Å². The van der Waals surface area contributed by atoms with E-state index in [1.54, 1.807) is 17.1 Å². The van der Waals surface area contributed by atoms with E-state index in [-0.39, 0.29) is 12.5 Å². The third-order valence-corrected chi connectivity index (χ3v) is 3.19. The minimum Gasteiger partial charge on any atom is -0.334 e. The number of carbonyl (C=O) groups excluding carboxylic acids is 1. The number of rotatable bonds is 6. The number of hydrogen-bond acceptors (Lipinski definition) is 2. The Labute approximate surface area is 119 Å². The first kappa shape index (κ1) is 14.1. The van der Waals surface area contributed by atoms with Gasteiger partial charge in [0.25, 0.3) is 0 Å². The minimum absolute atomic E-state index is 0.0380. The third kappa shape index (κ3) is 2.79. The molecule has 0 radical (unpaired) electrons. The van der Waals surface area contributed by atoms with Crippen LogP contribution >= 0.6 is 0 Å². The molecular weight excluding hydrogens is 250 g/mol. The zero-order valence-electron chi connectivity index (χ0n) is 11.7. The van der Waals surface area contributed by atoms with E-state index in [9.17, 15) is 4.79 Å². The molecule has 1 aromatic heterocycles. The fraction of sp³-hybridized carbons (Fsp3) is 0.250. The number of nitrogens with zero attached hydrogens (tertiary/aromatic N) is 3. The molecule has 1 heterocycles. The van der Waals surface area contributed by atoms with Crippen molar-refractivity contribution in [1.82, 2.24) is 14.5 Å². The van der Waals surface area contributed by atoms with Crippen molar-refractivity contribution >= 4 is 16.9 Å². The van der Waals surface area contributed by atoms with Gasteiger partial charge in [0.2, 0.25) is 5.91 Å². The van der Waals surface area contributed by atoms with Gasteiger partial charge < -0.3 is 9.47 Å². The van der Waals surface area contributed by atoms with Crippen LogP contribution in [0.1, 0.15) is 5.82 Å². The molecule has 1 aromatic carbocycles. The molecule has 0 spiro atoms. The molecule has 1 amide bonds. The summed E-state index contributed by atoms with van der Waals surface area (Å²) in [5.74, 6) is 0.882. The van der Waals surface area contributed by atoms with Gasteiger partial charge in [0, 0.05) is 13.1 Å². The Hall–Kier alpha value is -2.36. The van der Waals surface area contributed by atoms with Crippen molar-refractivity contribution in [2.75, 3.05) is 13.1 Å². The minimum atomic E-state index is 0.0380. The topological polar surface area (TPSA) is 38.1 Å². The molecule has 20 heavy (non-hydrogen) atoms. The van der Waals surface area contributed by atoms with Gasteiger partial charge in [-0.3, -0.25) is 4.79 Å². The molecule has 0 fully saturated rings. The molecule has 2 aromatic rings. The van der Waals surface area contributed by atoms with Crippen LogP contribution < -0.4 is 0 Å². The summed E-state index contributed by atoms with van der Waals surface area (Å²) in [4.78, 5) is 18.6. The van der Waals surface area contributed by atoms with Crippen molar-refractivity contribution in [2.24, 2.45) is 0 Å². The average molecular weight is 269 g/mol. The lowest BCUT2D eigenvalue weighted by atomic mass is 10.3. The molecule has 0 atom stereocenters. The lowest BCUT2D eigenvalue weighted by Crippen LogP contribution is -2.34. The smallest absolute Gasteiger partial charge is 0.243 e. The van der Waals surface area contributed by atoms with E-state index in [2.05, 4.69) is 18.1 Å². The van der Waals surface area contributed by atoms with Gasteiger partial charge in [0.05, 0.1) is 11.0 Å². The lowest BCUT2D eigenvalue weighted by Gasteiger charge is -2.20. The van der Waals surface area contributed by atoms with Crippen LogP contribution in [0.15, 0.2) is 49.6 Å². The molecule has 0 saturated carbocycles. The summed E-state index contributed by atoms with van der Waals surface area (Å²) in [6.07, 6.45) is 3.44. The van der Waals surface area contributed by atoms with Crippen LogP contribution in [0.4, 0.5) is 0 Å². The monoisotopic (exact) mass is 269 g/mol. The predicted octanol–water partition coefficient (Wildman–Crippen LogP) is 2.55. The highest BCUT2D eigenvalue weighted by Crippen LogP contribution is 2.15. The second-order valence-electron chi connectivity index (χ2n) is 4.61. The Kier molecular flexibility index (Phi) is 4.35. The zero-order chi connectivity index (χ0) is 14.5. The van der Waals surface area contributed by atoms with Crippen molar-refractivity contribution in [3.8, 4) is 0 Å². The maximum absolute atomic E-state index is 12.4. The molecule has 0 aliphatic carbocycles. The van der Waals surface area contributed by atoms with E-state index >= 15 is 0 Å². The highest BCUT2D eigenvalue weighted by Gasteiger charge is 2.14. The summed E-state index contributed by atoms with van der Waals surface area (Å²) in [6.45, 7) is 10.6. The van der Waals surface area contributed by atoms with E-state index in [1.165, 1.54) is 0 Å². The summed E-state index contributed by atoms with van der Waals surface area (Å²) in [6, 6.07) is 7.83. The highest BCUT2D eigenvalue weighted by molar-refractivity contribution is 5.81. The van der Waals surface area contributed by atoms with Crippen molar-refractivity contribution < 1.29 is 4.79 Å². The van der Waals surface area contributed by atoms with E-state index in [4.69, 9.17) is 0 Å². The second kappa shape index (κ2) is 6.19. The number of hydrogen-bond donors (Lipinski definition) is 0. The third-order valence-electron chi connectivity index (χ3n) is 3.19. The Morgan fingerprint density at radius 2 is 1.95 bits per heavy atom. The van der Waals surface area contributed by atoms with E-state index in [1.807, 2.05) is 35.8 Å². The number of aryl methyl sites for hydroxylation is 1. The first-order valence-corrected chi connectivity index (χ1v) is 6.58. The number of aromatic nitrogens is 2. The standard InChI is InChI=1S/C16H19N3O/c1-4-10-18(11-5-2)16(20)12-19-13(3)17-14-8-6-7-9-15(14)19/h4-9H,1-2,10-12H2,3H3. The average Bonchev–Trinajstić information content (AvgIpc) is 2.75. The van der Waals surface area contributed by atoms with Gasteiger partial charge >= 0.3 is 0 Å². The first-order chi connectivity index (χ1) is 9.67. The summed E-state index contributed by atoms with van der Waals surface area (Å²) in [7, 11) is 0. The number of para-hydroxylation sites is 2. The molecule has 104 valence electrons. The molecule has 0 bridgehead atoms. The Morgan fingerprint density at radius 3 is 2.60 bits per heavy atom. The zero-order valence-corrected chi connectivity index (χ0v) is 11.7. The van der Waals surface area contributed by atoms with Crippen LogP contribution in [0.3, 0.4) is 0 Å². The number of carbonyl (C=O) groups is 1. The predicted molar refractivity (Wildman–Crippen MR) is 81.4 cm³/mol. The van der Waals surface area contributed by atoms with Gasteiger partial charge in [-0.05, 0) is 19.1 Å². The van der Waals surface area contributed by atoms with Crippen LogP contribution in [0.2, 0.25) is 0 Å². The molecule has 0 N–H and O–H groups in total. The van der Waals surface area contributed by atoms with E-state index < -0.39 is 0 Å². The van der Waals surface area contributed by atoms with Gasteiger partial charge in [0.1, 0.15) is 12.4 Å². The normalized spacial score (nSPS) is 10.4. The fourth-order valence-electron chi connectivity index (χ4n) is 2.22.